The number of hydrogen-bond acceptors (Lipinski definition) is 2. The highest BCUT2D eigenvalue weighted by atomic mass is 35.5. The molecule has 1 aromatic rings. The molecule has 1 N–H and O–H groups in total. The van der Waals surface area contributed by atoms with E-state index in [0.717, 1.165) is 31.0 Å². The molecule has 0 radical (unpaired) electrons. The average Bonchev–Trinajstić information content (AvgIpc) is 2.42. The number of rotatable bonds is 5. The molecule has 1 aromatic carbocycles. The quantitative estimate of drug-likeness (QED) is 0.882. The molecule has 2 rings (SSSR count). The monoisotopic (exact) mass is 295 g/mol. The van der Waals surface area contributed by atoms with E-state index in [1.807, 2.05) is 6.07 Å². The van der Waals surface area contributed by atoms with Crippen molar-refractivity contribution in [2.45, 2.75) is 58.1 Å². The number of aryl methyl sites for hydroxylation is 1. The first-order valence-electron chi connectivity index (χ1n) is 7.67. The molecule has 0 amide bonds. The van der Waals surface area contributed by atoms with Crippen molar-refractivity contribution in [1.29, 1.82) is 0 Å². The molecule has 0 bridgehead atoms. The Morgan fingerprint density at radius 1 is 1.40 bits per heavy atom. The molecule has 0 aromatic heterocycles. The number of hydrogen-bond donors (Lipinski definition) is 1. The van der Waals surface area contributed by atoms with Gasteiger partial charge in [0.2, 0.25) is 0 Å². The lowest BCUT2D eigenvalue weighted by Gasteiger charge is -2.41. The zero-order valence-corrected chi connectivity index (χ0v) is 13.6. The lowest BCUT2D eigenvalue weighted by molar-refractivity contribution is -0.0881. The maximum atomic E-state index is 6.39. The summed E-state index contributed by atoms with van der Waals surface area (Å²) in [5.74, 6) is 0. The molecule has 2 unspecified atom stereocenters. The third-order valence-corrected chi connectivity index (χ3v) is 4.67. The van der Waals surface area contributed by atoms with Crippen LogP contribution in [-0.4, -0.2) is 24.8 Å². The highest BCUT2D eigenvalue weighted by Gasteiger charge is 2.36. The van der Waals surface area contributed by atoms with Gasteiger partial charge in [0, 0.05) is 17.7 Å². The topological polar surface area (TPSA) is 21.3 Å². The van der Waals surface area contributed by atoms with Gasteiger partial charge in [-0.25, -0.2) is 0 Å². The molecule has 0 saturated carbocycles. The van der Waals surface area contributed by atoms with Crippen LogP contribution in [0.2, 0.25) is 5.02 Å². The molecule has 0 spiro atoms. The first-order chi connectivity index (χ1) is 9.55. The zero-order chi connectivity index (χ0) is 14.6. The molecule has 1 aliphatic rings. The van der Waals surface area contributed by atoms with Gasteiger partial charge in [0.05, 0.1) is 5.60 Å². The number of ether oxygens (including phenoxy) is 1. The molecule has 1 fully saturated rings. The lowest BCUT2D eigenvalue weighted by Crippen LogP contribution is -2.53. The van der Waals surface area contributed by atoms with Gasteiger partial charge in [0.15, 0.2) is 0 Å². The van der Waals surface area contributed by atoms with E-state index in [0.29, 0.717) is 6.04 Å². The predicted molar refractivity (Wildman–Crippen MR) is 85.6 cm³/mol. The summed E-state index contributed by atoms with van der Waals surface area (Å²) in [4.78, 5) is 0. The van der Waals surface area contributed by atoms with Crippen molar-refractivity contribution in [1.82, 2.24) is 5.32 Å². The molecule has 2 nitrogen and oxygen atoms in total. The van der Waals surface area contributed by atoms with Crippen molar-refractivity contribution < 1.29 is 4.74 Å². The van der Waals surface area contributed by atoms with Crippen molar-refractivity contribution in [3.63, 3.8) is 0 Å². The molecule has 112 valence electrons. The molecular weight excluding hydrogens is 270 g/mol. The molecule has 1 aliphatic heterocycles. The normalized spacial score (nSPS) is 24.6. The Morgan fingerprint density at radius 2 is 2.20 bits per heavy atom. The second-order valence-corrected chi connectivity index (χ2v) is 6.43. The van der Waals surface area contributed by atoms with E-state index in [9.17, 15) is 0 Å². The summed E-state index contributed by atoms with van der Waals surface area (Å²) in [6.45, 7) is 8.29. The summed E-state index contributed by atoms with van der Waals surface area (Å²) >= 11 is 6.39. The van der Waals surface area contributed by atoms with Gasteiger partial charge >= 0.3 is 0 Å². The van der Waals surface area contributed by atoms with E-state index < -0.39 is 0 Å². The lowest BCUT2D eigenvalue weighted by atomic mass is 9.84. The van der Waals surface area contributed by atoms with Gasteiger partial charge in [-0.05, 0) is 63.3 Å². The third kappa shape index (κ3) is 3.75. The summed E-state index contributed by atoms with van der Waals surface area (Å²) in [5, 5.41) is 4.47. The fourth-order valence-electron chi connectivity index (χ4n) is 3.02. The minimum Gasteiger partial charge on any atom is -0.374 e. The zero-order valence-electron chi connectivity index (χ0n) is 12.8. The second-order valence-electron chi connectivity index (χ2n) is 6.03. The van der Waals surface area contributed by atoms with Crippen molar-refractivity contribution in [3.8, 4) is 0 Å². The molecular formula is C17H26ClNO. The summed E-state index contributed by atoms with van der Waals surface area (Å²) in [5.41, 5.74) is 2.33. The van der Waals surface area contributed by atoms with Gasteiger partial charge in [-0.3, -0.25) is 0 Å². The molecule has 3 heteroatoms. The second kappa shape index (κ2) is 6.93. The predicted octanol–water partition coefficient (Wildman–Crippen LogP) is 4.13. The summed E-state index contributed by atoms with van der Waals surface area (Å²) < 4.78 is 6.11. The van der Waals surface area contributed by atoms with Gasteiger partial charge in [-0.1, -0.05) is 30.7 Å². The van der Waals surface area contributed by atoms with E-state index in [1.165, 1.54) is 24.0 Å². The Morgan fingerprint density at radius 3 is 2.80 bits per heavy atom. The fourth-order valence-corrected chi connectivity index (χ4v) is 3.33. The van der Waals surface area contributed by atoms with Crippen LogP contribution in [0.5, 0.6) is 0 Å². The van der Waals surface area contributed by atoms with Crippen LogP contribution in [0.4, 0.5) is 0 Å². The molecule has 0 aliphatic carbocycles. The van der Waals surface area contributed by atoms with Crippen LogP contribution in [0.3, 0.4) is 0 Å². The van der Waals surface area contributed by atoms with Gasteiger partial charge in [-0.15, -0.1) is 0 Å². The van der Waals surface area contributed by atoms with Crippen LogP contribution in [0, 0.1) is 6.92 Å². The van der Waals surface area contributed by atoms with Crippen LogP contribution in [0.25, 0.3) is 0 Å². The van der Waals surface area contributed by atoms with E-state index in [1.54, 1.807) is 0 Å². The summed E-state index contributed by atoms with van der Waals surface area (Å²) in [7, 11) is 0. The Hall–Kier alpha value is -0.570. The Balaban J connectivity index is 2.16. The molecule has 2 atom stereocenters. The van der Waals surface area contributed by atoms with Gasteiger partial charge in [-0.2, -0.15) is 0 Å². The van der Waals surface area contributed by atoms with Crippen molar-refractivity contribution >= 4 is 11.6 Å². The van der Waals surface area contributed by atoms with Gasteiger partial charge in [0.25, 0.3) is 0 Å². The van der Waals surface area contributed by atoms with E-state index in [-0.39, 0.29) is 5.60 Å². The van der Waals surface area contributed by atoms with Crippen molar-refractivity contribution in [2.75, 3.05) is 13.2 Å². The van der Waals surface area contributed by atoms with E-state index in [4.69, 9.17) is 16.3 Å². The third-order valence-electron chi connectivity index (χ3n) is 4.32. The maximum Gasteiger partial charge on any atom is 0.0810 e. The molecule has 1 heterocycles. The standard InChI is InChI=1S/C17H26ClNO/c1-4-19-16(17(3)9-5-6-10-20-17)12-14-8-7-13(2)11-15(14)18/h7-8,11,16,19H,4-6,9-10,12H2,1-3H3. The Bertz CT molecular complexity index is 441. The van der Waals surface area contributed by atoms with E-state index >= 15 is 0 Å². The van der Waals surface area contributed by atoms with Crippen LogP contribution in [-0.2, 0) is 11.2 Å². The highest BCUT2D eigenvalue weighted by molar-refractivity contribution is 6.31. The van der Waals surface area contributed by atoms with Crippen molar-refractivity contribution in [3.05, 3.63) is 34.3 Å². The summed E-state index contributed by atoms with van der Waals surface area (Å²) in [6, 6.07) is 6.64. The average molecular weight is 296 g/mol. The van der Waals surface area contributed by atoms with Crippen molar-refractivity contribution in [2.24, 2.45) is 0 Å². The maximum absolute atomic E-state index is 6.39. The van der Waals surface area contributed by atoms with Crippen LogP contribution >= 0.6 is 11.6 Å². The highest BCUT2D eigenvalue weighted by Crippen LogP contribution is 2.31. The van der Waals surface area contributed by atoms with Gasteiger partial charge < -0.3 is 10.1 Å². The smallest absolute Gasteiger partial charge is 0.0810 e. The minimum absolute atomic E-state index is 0.0809. The van der Waals surface area contributed by atoms with E-state index in [2.05, 4.69) is 38.2 Å². The first-order valence-corrected chi connectivity index (χ1v) is 8.05. The van der Waals surface area contributed by atoms with Crippen LogP contribution < -0.4 is 5.32 Å². The first kappa shape index (κ1) is 15.8. The fraction of sp³-hybridized carbons (Fsp3) is 0.647. The van der Waals surface area contributed by atoms with Crippen LogP contribution in [0.15, 0.2) is 18.2 Å². The minimum atomic E-state index is -0.0809. The number of likely N-dealkylation sites (N-methyl/N-ethyl adjacent to an activating group) is 1. The number of halogens is 1. The number of nitrogens with one attached hydrogen (secondary N) is 1. The SMILES string of the molecule is CCNC(Cc1ccc(C)cc1Cl)C1(C)CCCCO1. The van der Waals surface area contributed by atoms with Gasteiger partial charge in [0.1, 0.15) is 0 Å². The van der Waals surface area contributed by atoms with Crippen LogP contribution in [0.1, 0.15) is 44.2 Å². The number of benzene rings is 1. The largest absolute Gasteiger partial charge is 0.374 e. The Kier molecular flexibility index (Phi) is 5.48. The summed E-state index contributed by atoms with van der Waals surface area (Å²) in [6.07, 6.45) is 4.47. The molecule has 20 heavy (non-hydrogen) atoms. The molecule has 1 saturated heterocycles. The Labute approximate surface area is 127 Å².